The van der Waals surface area contributed by atoms with E-state index in [9.17, 15) is 0 Å². The van der Waals surface area contributed by atoms with Crippen molar-refractivity contribution in [3.8, 4) is 5.82 Å². The Bertz CT molecular complexity index is 467. The molecule has 2 heterocycles. The number of halogens is 1. The van der Waals surface area contributed by atoms with Crippen LogP contribution in [0, 0.1) is 0 Å². The smallest absolute Gasteiger partial charge is 0.153 e. The Morgan fingerprint density at radius 3 is 3.06 bits per heavy atom. The summed E-state index contributed by atoms with van der Waals surface area (Å²) in [5.41, 5.74) is 1.21. The molecule has 0 unspecified atom stereocenters. The molecule has 4 nitrogen and oxygen atoms in total. The topological polar surface area (TPSA) is 42.7 Å². The lowest BCUT2D eigenvalue weighted by atomic mass is 10.2. The summed E-state index contributed by atoms with van der Waals surface area (Å²) in [7, 11) is 0. The summed E-state index contributed by atoms with van der Waals surface area (Å²) in [6.07, 6.45) is 5.44. The Morgan fingerprint density at radius 1 is 1.50 bits per heavy atom. The number of pyridine rings is 1. The van der Waals surface area contributed by atoms with Gasteiger partial charge < -0.3 is 5.32 Å². The zero-order chi connectivity index (χ0) is 11.4. The molecule has 84 valence electrons. The minimum atomic E-state index is 0.834. The molecule has 0 fully saturated rings. The van der Waals surface area contributed by atoms with Gasteiger partial charge in [0.25, 0.3) is 0 Å². The van der Waals surface area contributed by atoms with E-state index in [-0.39, 0.29) is 0 Å². The Balaban J connectivity index is 2.22. The van der Waals surface area contributed by atoms with Crippen LogP contribution in [0.15, 0.2) is 35.2 Å². The average molecular weight is 281 g/mol. The number of rotatable bonds is 4. The van der Waals surface area contributed by atoms with Gasteiger partial charge in [0.15, 0.2) is 5.82 Å². The van der Waals surface area contributed by atoms with Gasteiger partial charge in [-0.1, -0.05) is 6.92 Å². The van der Waals surface area contributed by atoms with Gasteiger partial charge in [0.05, 0.1) is 10.7 Å². The number of nitrogens with zero attached hydrogens (tertiary/aromatic N) is 3. The monoisotopic (exact) mass is 280 g/mol. The quantitative estimate of drug-likeness (QED) is 0.933. The summed E-state index contributed by atoms with van der Waals surface area (Å²) in [6, 6.07) is 4.03. The van der Waals surface area contributed by atoms with Gasteiger partial charge in [-0.05, 0) is 40.2 Å². The molecule has 2 aromatic rings. The Morgan fingerprint density at radius 2 is 2.38 bits per heavy atom. The lowest BCUT2D eigenvalue weighted by Gasteiger charge is -2.04. The maximum Gasteiger partial charge on any atom is 0.153 e. The molecule has 0 radical (unpaired) electrons. The van der Waals surface area contributed by atoms with Crippen molar-refractivity contribution in [2.45, 2.75) is 13.5 Å². The van der Waals surface area contributed by atoms with Crippen LogP contribution in [0.25, 0.3) is 5.82 Å². The SMILES string of the molecule is CCNCc1ccnc(-n2cc(Br)cn2)c1. The van der Waals surface area contributed by atoms with E-state index < -0.39 is 0 Å². The highest BCUT2D eigenvalue weighted by Gasteiger charge is 2.01. The van der Waals surface area contributed by atoms with E-state index in [0.29, 0.717) is 0 Å². The van der Waals surface area contributed by atoms with Gasteiger partial charge in [-0.15, -0.1) is 0 Å². The molecule has 0 amide bonds. The molecule has 0 aromatic carbocycles. The summed E-state index contributed by atoms with van der Waals surface area (Å²) in [5, 5.41) is 7.48. The second-order valence-electron chi connectivity index (χ2n) is 3.41. The molecule has 2 aromatic heterocycles. The molecular weight excluding hydrogens is 268 g/mol. The second-order valence-corrected chi connectivity index (χ2v) is 4.32. The first-order valence-corrected chi connectivity index (χ1v) is 5.95. The first kappa shape index (κ1) is 11.3. The first-order chi connectivity index (χ1) is 7.79. The third-order valence-electron chi connectivity index (χ3n) is 2.17. The Labute approximate surface area is 103 Å². The Kier molecular flexibility index (Phi) is 3.69. The van der Waals surface area contributed by atoms with Crippen molar-refractivity contribution in [2.24, 2.45) is 0 Å². The number of hydrogen-bond donors (Lipinski definition) is 1. The van der Waals surface area contributed by atoms with Gasteiger partial charge in [0.1, 0.15) is 0 Å². The van der Waals surface area contributed by atoms with Gasteiger partial charge in [0.2, 0.25) is 0 Å². The molecule has 0 bridgehead atoms. The highest BCUT2D eigenvalue weighted by Crippen LogP contribution is 2.11. The van der Waals surface area contributed by atoms with E-state index in [1.54, 1.807) is 17.1 Å². The van der Waals surface area contributed by atoms with Crippen LogP contribution in [0.4, 0.5) is 0 Å². The van der Waals surface area contributed by atoms with Crippen molar-refractivity contribution < 1.29 is 0 Å². The van der Waals surface area contributed by atoms with Crippen molar-refractivity contribution in [3.05, 3.63) is 40.8 Å². The maximum atomic E-state index is 4.28. The molecule has 0 saturated carbocycles. The highest BCUT2D eigenvalue weighted by atomic mass is 79.9. The lowest BCUT2D eigenvalue weighted by molar-refractivity contribution is 0.723. The summed E-state index contributed by atoms with van der Waals surface area (Å²) in [5.74, 6) is 0.834. The van der Waals surface area contributed by atoms with Crippen LogP contribution in [0.2, 0.25) is 0 Å². The fraction of sp³-hybridized carbons (Fsp3) is 0.273. The molecule has 0 atom stereocenters. The molecule has 5 heteroatoms. The van der Waals surface area contributed by atoms with E-state index >= 15 is 0 Å². The van der Waals surface area contributed by atoms with Crippen molar-refractivity contribution in [3.63, 3.8) is 0 Å². The lowest BCUT2D eigenvalue weighted by Crippen LogP contribution is -2.12. The minimum Gasteiger partial charge on any atom is -0.313 e. The van der Waals surface area contributed by atoms with E-state index in [0.717, 1.165) is 23.4 Å². The largest absolute Gasteiger partial charge is 0.313 e. The van der Waals surface area contributed by atoms with E-state index in [1.165, 1.54) is 5.56 Å². The zero-order valence-corrected chi connectivity index (χ0v) is 10.6. The third-order valence-corrected chi connectivity index (χ3v) is 2.58. The van der Waals surface area contributed by atoms with Crippen LogP contribution in [0.5, 0.6) is 0 Å². The van der Waals surface area contributed by atoms with Crippen LogP contribution >= 0.6 is 15.9 Å². The number of nitrogens with one attached hydrogen (secondary N) is 1. The fourth-order valence-electron chi connectivity index (χ4n) is 1.39. The van der Waals surface area contributed by atoms with Gasteiger partial charge in [-0.3, -0.25) is 0 Å². The molecule has 0 spiro atoms. The summed E-state index contributed by atoms with van der Waals surface area (Å²) >= 11 is 3.37. The molecular formula is C11H13BrN4. The predicted octanol–water partition coefficient (Wildman–Crippen LogP) is 2.14. The van der Waals surface area contributed by atoms with Crippen molar-refractivity contribution in [1.82, 2.24) is 20.1 Å². The van der Waals surface area contributed by atoms with Crippen LogP contribution in [0.3, 0.4) is 0 Å². The zero-order valence-electron chi connectivity index (χ0n) is 9.02. The predicted molar refractivity (Wildman–Crippen MR) is 66.4 cm³/mol. The van der Waals surface area contributed by atoms with Gasteiger partial charge >= 0.3 is 0 Å². The van der Waals surface area contributed by atoms with Crippen molar-refractivity contribution in [1.29, 1.82) is 0 Å². The standard InChI is InChI=1S/C11H13BrN4/c1-2-13-6-9-3-4-14-11(5-9)16-8-10(12)7-15-16/h3-5,7-8,13H,2,6H2,1H3. The Hall–Kier alpha value is -1.20. The highest BCUT2D eigenvalue weighted by molar-refractivity contribution is 9.10. The molecule has 0 aliphatic rings. The maximum absolute atomic E-state index is 4.28. The molecule has 1 N–H and O–H groups in total. The summed E-state index contributed by atoms with van der Waals surface area (Å²) in [4.78, 5) is 4.28. The average Bonchev–Trinajstić information content (AvgIpc) is 2.74. The molecule has 0 saturated heterocycles. The van der Waals surface area contributed by atoms with Crippen LogP contribution < -0.4 is 5.32 Å². The van der Waals surface area contributed by atoms with Crippen molar-refractivity contribution >= 4 is 15.9 Å². The third kappa shape index (κ3) is 2.68. The number of aromatic nitrogens is 3. The van der Waals surface area contributed by atoms with Crippen molar-refractivity contribution in [2.75, 3.05) is 6.54 Å². The van der Waals surface area contributed by atoms with E-state index in [2.05, 4.69) is 38.3 Å². The van der Waals surface area contributed by atoms with Gasteiger partial charge in [0, 0.05) is 18.9 Å². The van der Waals surface area contributed by atoms with Crippen LogP contribution in [-0.2, 0) is 6.54 Å². The normalized spacial score (nSPS) is 10.6. The minimum absolute atomic E-state index is 0.834. The number of hydrogen-bond acceptors (Lipinski definition) is 3. The molecule has 0 aliphatic heterocycles. The molecule has 16 heavy (non-hydrogen) atoms. The van der Waals surface area contributed by atoms with Gasteiger partial charge in [-0.2, -0.15) is 5.10 Å². The van der Waals surface area contributed by atoms with Gasteiger partial charge in [-0.25, -0.2) is 9.67 Å². The molecule has 2 rings (SSSR count). The summed E-state index contributed by atoms with van der Waals surface area (Å²) in [6.45, 7) is 3.91. The second kappa shape index (κ2) is 5.23. The van der Waals surface area contributed by atoms with Crippen LogP contribution in [-0.4, -0.2) is 21.3 Å². The van der Waals surface area contributed by atoms with E-state index in [1.807, 2.05) is 18.3 Å². The summed E-state index contributed by atoms with van der Waals surface area (Å²) < 4.78 is 2.70. The molecule has 0 aliphatic carbocycles. The van der Waals surface area contributed by atoms with E-state index in [4.69, 9.17) is 0 Å². The fourth-order valence-corrected chi connectivity index (χ4v) is 1.68. The first-order valence-electron chi connectivity index (χ1n) is 5.16. The van der Waals surface area contributed by atoms with Crippen LogP contribution in [0.1, 0.15) is 12.5 Å².